The van der Waals surface area contributed by atoms with Crippen molar-refractivity contribution in [2.75, 3.05) is 11.5 Å². The van der Waals surface area contributed by atoms with Crippen molar-refractivity contribution in [3.05, 3.63) is 101 Å². The first-order valence-corrected chi connectivity index (χ1v) is 15.1. The van der Waals surface area contributed by atoms with Crippen LogP contribution in [0.5, 0.6) is 0 Å². The van der Waals surface area contributed by atoms with Crippen molar-refractivity contribution in [3.8, 4) is 0 Å². The van der Waals surface area contributed by atoms with E-state index in [0.717, 1.165) is 27.6 Å². The Morgan fingerprint density at radius 2 is 0.967 bits per heavy atom. The number of hydrogen-bond acceptors (Lipinski definition) is 3. The molecule has 2 atom stereocenters. The molecule has 1 aliphatic rings. The Labute approximate surface area is 183 Å². The Kier molecular flexibility index (Phi) is 6.82. The molecule has 1 aliphatic heterocycles. The van der Waals surface area contributed by atoms with Crippen LogP contribution >= 0.6 is 7.14 Å². The van der Waals surface area contributed by atoms with Gasteiger partial charge in [-0.3, -0.25) is 8.42 Å². The molecule has 0 bridgehead atoms. The number of hydrogen-bond donors (Lipinski definition) is 0. The minimum Gasteiger partial charge on any atom is -0.318 e. The third kappa shape index (κ3) is 5.08. The fourth-order valence-electron chi connectivity index (χ4n) is 3.87. The summed E-state index contributed by atoms with van der Waals surface area (Å²) in [6, 6.07) is 25.4. The van der Waals surface area contributed by atoms with Crippen molar-refractivity contribution in [1.82, 2.24) is 0 Å². The summed E-state index contributed by atoms with van der Waals surface area (Å²) in [5.41, 5.74) is 3.95. The molecule has 3 nitrogen and oxygen atoms in total. The van der Waals surface area contributed by atoms with Gasteiger partial charge in [-0.2, -0.15) is 0 Å². The van der Waals surface area contributed by atoms with Crippen molar-refractivity contribution < 1.29 is 13.0 Å². The molecule has 156 valence electrons. The second kappa shape index (κ2) is 9.55. The lowest BCUT2D eigenvalue weighted by Gasteiger charge is -2.22. The van der Waals surface area contributed by atoms with Crippen molar-refractivity contribution in [2.24, 2.45) is 0 Å². The highest BCUT2D eigenvalue weighted by Gasteiger charge is 2.28. The van der Waals surface area contributed by atoms with Gasteiger partial charge in [0.2, 0.25) is 0 Å². The molecule has 6 heteroatoms. The van der Waals surface area contributed by atoms with Crippen molar-refractivity contribution in [1.29, 1.82) is 0 Å². The molecule has 0 radical (unpaired) electrons. The van der Waals surface area contributed by atoms with Crippen molar-refractivity contribution in [3.63, 3.8) is 0 Å². The summed E-state index contributed by atoms with van der Waals surface area (Å²) in [4.78, 5) is 0. The summed E-state index contributed by atoms with van der Waals surface area (Å²) in [6.07, 6.45) is 0.865. The average molecular weight is 457 g/mol. The maximum atomic E-state index is 14.5. The van der Waals surface area contributed by atoms with E-state index in [1.807, 2.05) is 78.9 Å². The van der Waals surface area contributed by atoms with E-state index in [0.29, 0.717) is 35.3 Å². The van der Waals surface area contributed by atoms with Crippen LogP contribution in [0.2, 0.25) is 0 Å². The Morgan fingerprint density at radius 3 is 1.43 bits per heavy atom. The Morgan fingerprint density at radius 1 is 0.567 bits per heavy atom. The van der Waals surface area contributed by atoms with Crippen LogP contribution in [0, 0.1) is 0 Å². The maximum absolute atomic E-state index is 14.5. The molecule has 0 saturated heterocycles. The molecule has 1 heterocycles. The predicted octanol–water partition coefficient (Wildman–Crippen LogP) is 4.59. The maximum Gasteiger partial charge on any atom is 0.124 e. The largest absolute Gasteiger partial charge is 0.318 e. The lowest BCUT2D eigenvalue weighted by Crippen LogP contribution is -2.11. The van der Waals surface area contributed by atoms with Gasteiger partial charge in [0.25, 0.3) is 0 Å². The molecule has 0 amide bonds. The van der Waals surface area contributed by atoms with Gasteiger partial charge in [0, 0.05) is 62.2 Å². The standard InChI is InChI=1S/C24H25O3PS2/c25-28(24-12-2-1-3-13-24)16-20-8-4-6-10-22(20)18-29(26)14-15-30(27)19-23-11-7-5-9-21(23)17-28/h1-13H,14-19H2. The normalized spacial score (nSPS) is 25.1. The van der Waals surface area contributed by atoms with Crippen LogP contribution in [0.3, 0.4) is 0 Å². The van der Waals surface area contributed by atoms with Crippen LogP contribution in [-0.4, -0.2) is 19.9 Å². The van der Waals surface area contributed by atoms with E-state index in [1.54, 1.807) is 0 Å². The lowest BCUT2D eigenvalue weighted by molar-refractivity contribution is 0.579. The Balaban J connectivity index is 1.85. The Bertz CT molecular complexity index is 1060. The summed E-state index contributed by atoms with van der Waals surface area (Å²) in [5, 5.41) is 0.853. The molecule has 2 unspecified atom stereocenters. The second-order valence-corrected chi connectivity index (χ2v) is 13.7. The van der Waals surface area contributed by atoms with Gasteiger partial charge in [-0.15, -0.1) is 0 Å². The summed E-state index contributed by atoms with van der Waals surface area (Å²) in [5.74, 6) is 1.66. The Hall–Kier alpha value is -1.81. The minimum absolute atomic E-state index is 0.412. The van der Waals surface area contributed by atoms with E-state index >= 15 is 0 Å². The molecule has 0 aromatic heterocycles. The second-order valence-electron chi connectivity index (χ2n) is 7.66. The predicted molar refractivity (Wildman–Crippen MR) is 127 cm³/mol. The quantitative estimate of drug-likeness (QED) is 0.504. The van der Waals surface area contributed by atoms with Crippen molar-refractivity contribution in [2.45, 2.75) is 23.8 Å². The third-order valence-corrected chi connectivity index (χ3v) is 11.3. The number of rotatable bonds is 1. The summed E-state index contributed by atoms with van der Waals surface area (Å²) < 4.78 is 39.8. The van der Waals surface area contributed by atoms with Gasteiger partial charge in [-0.1, -0.05) is 78.9 Å². The van der Waals surface area contributed by atoms with E-state index in [-0.39, 0.29) is 0 Å². The molecule has 30 heavy (non-hydrogen) atoms. The van der Waals surface area contributed by atoms with E-state index in [4.69, 9.17) is 0 Å². The van der Waals surface area contributed by atoms with Gasteiger partial charge in [0.1, 0.15) is 7.14 Å². The third-order valence-electron chi connectivity index (χ3n) is 5.49. The van der Waals surface area contributed by atoms with Gasteiger partial charge in [0.05, 0.1) is 0 Å². The summed E-state index contributed by atoms with van der Waals surface area (Å²) >= 11 is 0. The van der Waals surface area contributed by atoms with Gasteiger partial charge >= 0.3 is 0 Å². The number of benzene rings is 3. The lowest BCUT2D eigenvalue weighted by atomic mass is 10.1. The SMILES string of the molecule is O=S1CCS(=O)Cc2ccccc2CP(=O)(c2ccccc2)Cc2ccccc2C1. The molecule has 0 saturated carbocycles. The zero-order valence-corrected chi connectivity index (χ0v) is 19.3. The van der Waals surface area contributed by atoms with E-state index < -0.39 is 28.7 Å². The zero-order valence-electron chi connectivity index (χ0n) is 16.7. The van der Waals surface area contributed by atoms with Crippen LogP contribution in [0.25, 0.3) is 0 Å². The van der Waals surface area contributed by atoms with Gasteiger partial charge in [-0.25, -0.2) is 0 Å². The molecule has 3 aromatic carbocycles. The van der Waals surface area contributed by atoms with E-state index in [1.165, 1.54) is 0 Å². The van der Waals surface area contributed by atoms with Crippen LogP contribution in [0.15, 0.2) is 78.9 Å². The minimum atomic E-state index is -2.83. The molecule has 0 spiro atoms. The first-order chi connectivity index (χ1) is 14.5. The zero-order chi connectivity index (χ0) is 21.0. The molecular weight excluding hydrogens is 431 g/mol. The van der Waals surface area contributed by atoms with Gasteiger partial charge in [-0.05, 0) is 22.3 Å². The molecule has 3 aromatic rings. The summed E-state index contributed by atoms with van der Waals surface area (Å²) in [7, 11) is -5.03. The van der Waals surface area contributed by atoms with Gasteiger partial charge < -0.3 is 4.57 Å². The highest BCUT2D eigenvalue weighted by molar-refractivity contribution is 7.88. The topological polar surface area (TPSA) is 51.2 Å². The highest BCUT2D eigenvalue weighted by Crippen LogP contribution is 2.52. The van der Waals surface area contributed by atoms with Crippen LogP contribution in [0.1, 0.15) is 22.3 Å². The summed E-state index contributed by atoms with van der Waals surface area (Å²) in [6.45, 7) is 0. The first-order valence-electron chi connectivity index (χ1n) is 10.0. The monoisotopic (exact) mass is 456 g/mol. The number of fused-ring (bicyclic) bond motifs is 2. The van der Waals surface area contributed by atoms with Crippen LogP contribution in [-0.2, 0) is 50.0 Å². The first kappa shape index (κ1) is 21.4. The molecule has 0 aliphatic carbocycles. The van der Waals surface area contributed by atoms with Crippen LogP contribution in [0.4, 0.5) is 0 Å². The fourth-order valence-corrected chi connectivity index (χ4v) is 9.81. The van der Waals surface area contributed by atoms with E-state index in [9.17, 15) is 13.0 Å². The smallest absolute Gasteiger partial charge is 0.124 e. The average Bonchev–Trinajstić information content (AvgIpc) is 2.76. The van der Waals surface area contributed by atoms with Crippen LogP contribution < -0.4 is 5.30 Å². The molecule has 0 fully saturated rings. The molecule has 0 N–H and O–H groups in total. The van der Waals surface area contributed by atoms with Crippen molar-refractivity contribution >= 4 is 34.0 Å². The molecule has 4 rings (SSSR count). The fraction of sp³-hybridized carbons (Fsp3) is 0.250. The van der Waals surface area contributed by atoms with E-state index in [2.05, 4.69) is 0 Å². The highest BCUT2D eigenvalue weighted by atomic mass is 32.2. The molecular formula is C24H25O3PS2. The van der Waals surface area contributed by atoms with Gasteiger partial charge in [0.15, 0.2) is 0 Å².